The van der Waals surface area contributed by atoms with Gasteiger partial charge in [-0.25, -0.2) is 0 Å². The molecule has 0 aromatic carbocycles. The van der Waals surface area contributed by atoms with Crippen molar-refractivity contribution in [2.45, 2.75) is 37.5 Å². The Morgan fingerprint density at radius 2 is 2.31 bits per heavy atom. The average Bonchev–Trinajstić information content (AvgIpc) is 2.15. The van der Waals surface area contributed by atoms with Crippen LogP contribution in [0.3, 0.4) is 0 Å². The Balaban J connectivity index is 2.11. The SMILES string of the molecule is CCOC(=O)C(C)(N)CCCSC1COC1. The highest BCUT2D eigenvalue weighted by Crippen LogP contribution is 2.21. The Morgan fingerprint density at radius 1 is 1.62 bits per heavy atom. The van der Waals surface area contributed by atoms with Gasteiger partial charge >= 0.3 is 5.97 Å². The third-order valence-electron chi connectivity index (χ3n) is 2.54. The number of thioether (sulfide) groups is 1. The molecule has 1 unspecified atom stereocenters. The van der Waals surface area contributed by atoms with Gasteiger partial charge in [0.15, 0.2) is 0 Å². The van der Waals surface area contributed by atoms with Gasteiger partial charge in [-0.3, -0.25) is 4.79 Å². The van der Waals surface area contributed by atoms with Gasteiger partial charge in [-0.1, -0.05) is 0 Å². The van der Waals surface area contributed by atoms with Crippen molar-refractivity contribution in [3.05, 3.63) is 0 Å². The van der Waals surface area contributed by atoms with Crippen LogP contribution in [0.4, 0.5) is 0 Å². The van der Waals surface area contributed by atoms with E-state index in [1.165, 1.54) is 0 Å². The van der Waals surface area contributed by atoms with Crippen LogP contribution in [-0.4, -0.2) is 42.3 Å². The Labute approximate surface area is 101 Å². The summed E-state index contributed by atoms with van der Waals surface area (Å²) in [6.45, 7) is 5.65. The minimum absolute atomic E-state index is 0.299. The predicted octanol–water partition coefficient (Wildman–Crippen LogP) is 1.18. The van der Waals surface area contributed by atoms with Crippen molar-refractivity contribution in [2.75, 3.05) is 25.6 Å². The van der Waals surface area contributed by atoms with E-state index in [0.717, 1.165) is 25.4 Å². The number of carbonyl (C=O) groups is 1. The quantitative estimate of drug-likeness (QED) is 0.540. The molecule has 0 spiro atoms. The molecule has 16 heavy (non-hydrogen) atoms. The van der Waals surface area contributed by atoms with E-state index in [9.17, 15) is 4.79 Å². The largest absolute Gasteiger partial charge is 0.465 e. The van der Waals surface area contributed by atoms with Gasteiger partial charge in [-0.15, -0.1) is 0 Å². The number of hydrogen-bond acceptors (Lipinski definition) is 5. The lowest BCUT2D eigenvalue weighted by Crippen LogP contribution is -2.46. The molecule has 1 aliphatic rings. The Kier molecular flexibility index (Phi) is 5.58. The van der Waals surface area contributed by atoms with Crippen LogP contribution >= 0.6 is 11.8 Å². The summed E-state index contributed by atoms with van der Waals surface area (Å²) in [6, 6.07) is 0. The normalized spacial score (nSPS) is 19.9. The second-order valence-corrected chi connectivity index (χ2v) is 5.68. The van der Waals surface area contributed by atoms with Gasteiger partial charge in [0, 0.05) is 0 Å². The van der Waals surface area contributed by atoms with E-state index < -0.39 is 5.54 Å². The van der Waals surface area contributed by atoms with E-state index in [4.69, 9.17) is 15.2 Å². The van der Waals surface area contributed by atoms with Crippen molar-refractivity contribution in [1.82, 2.24) is 0 Å². The van der Waals surface area contributed by atoms with E-state index in [1.54, 1.807) is 13.8 Å². The van der Waals surface area contributed by atoms with Gasteiger partial charge in [0.1, 0.15) is 5.54 Å². The van der Waals surface area contributed by atoms with Crippen molar-refractivity contribution in [1.29, 1.82) is 0 Å². The molecule has 94 valence electrons. The molecule has 2 N–H and O–H groups in total. The van der Waals surface area contributed by atoms with Crippen LogP contribution in [0.25, 0.3) is 0 Å². The van der Waals surface area contributed by atoms with Crippen molar-refractivity contribution in [3.63, 3.8) is 0 Å². The van der Waals surface area contributed by atoms with Gasteiger partial charge in [-0.05, 0) is 32.4 Å². The highest BCUT2D eigenvalue weighted by Gasteiger charge is 2.29. The molecule has 0 radical (unpaired) electrons. The average molecular weight is 247 g/mol. The predicted molar refractivity (Wildman–Crippen MR) is 65.5 cm³/mol. The standard InChI is InChI=1S/C11H21NO3S/c1-3-15-10(13)11(2,12)5-4-6-16-9-7-14-8-9/h9H,3-8,12H2,1-2H3. The van der Waals surface area contributed by atoms with E-state index in [0.29, 0.717) is 18.3 Å². The third kappa shape index (κ3) is 4.31. The smallest absolute Gasteiger partial charge is 0.325 e. The van der Waals surface area contributed by atoms with E-state index in [1.807, 2.05) is 11.8 Å². The molecule has 0 bridgehead atoms. The Morgan fingerprint density at radius 3 is 2.81 bits per heavy atom. The summed E-state index contributed by atoms with van der Waals surface area (Å²) in [5, 5.41) is 0.645. The van der Waals surface area contributed by atoms with Gasteiger partial charge in [-0.2, -0.15) is 11.8 Å². The lowest BCUT2D eigenvalue weighted by molar-refractivity contribution is -0.149. The summed E-state index contributed by atoms with van der Waals surface area (Å²) < 4.78 is 10.0. The van der Waals surface area contributed by atoms with Crippen LogP contribution in [0.5, 0.6) is 0 Å². The first-order valence-electron chi connectivity index (χ1n) is 5.71. The van der Waals surface area contributed by atoms with Crippen LogP contribution in [0.1, 0.15) is 26.7 Å². The molecule has 4 nitrogen and oxygen atoms in total. The highest BCUT2D eigenvalue weighted by molar-refractivity contribution is 8.00. The molecule has 1 atom stereocenters. The van der Waals surface area contributed by atoms with Crippen LogP contribution in [0.15, 0.2) is 0 Å². The summed E-state index contributed by atoms with van der Waals surface area (Å²) in [5.74, 6) is 0.729. The molecule has 0 saturated carbocycles. The highest BCUT2D eigenvalue weighted by atomic mass is 32.2. The lowest BCUT2D eigenvalue weighted by Gasteiger charge is -2.26. The molecular weight excluding hydrogens is 226 g/mol. The molecule has 0 aromatic heterocycles. The van der Waals surface area contributed by atoms with E-state index in [2.05, 4.69) is 0 Å². The van der Waals surface area contributed by atoms with Gasteiger partial charge in [0.05, 0.1) is 25.1 Å². The van der Waals surface area contributed by atoms with Crippen LogP contribution in [0.2, 0.25) is 0 Å². The minimum Gasteiger partial charge on any atom is -0.465 e. The topological polar surface area (TPSA) is 61.5 Å². The van der Waals surface area contributed by atoms with Crippen LogP contribution < -0.4 is 5.73 Å². The van der Waals surface area contributed by atoms with Crippen molar-refractivity contribution < 1.29 is 14.3 Å². The maximum absolute atomic E-state index is 11.5. The van der Waals surface area contributed by atoms with Crippen molar-refractivity contribution in [3.8, 4) is 0 Å². The Hall–Kier alpha value is -0.260. The fourth-order valence-corrected chi connectivity index (χ4v) is 2.43. The number of carbonyl (C=O) groups excluding carboxylic acids is 1. The summed E-state index contributed by atoms with van der Waals surface area (Å²) in [7, 11) is 0. The number of nitrogens with two attached hydrogens (primary N) is 1. The molecule has 1 saturated heterocycles. The maximum atomic E-state index is 11.5. The molecule has 1 heterocycles. The number of hydrogen-bond donors (Lipinski definition) is 1. The zero-order valence-electron chi connectivity index (χ0n) is 10.0. The second kappa shape index (κ2) is 6.47. The summed E-state index contributed by atoms with van der Waals surface area (Å²) in [5.41, 5.74) is 5.06. The number of ether oxygens (including phenoxy) is 2. The number of esters is 1. The van der Waals surface area contributed by atoms with Gasteiger partial charge in [0.2, 0.25) is 0 Å². The Bertz CT molecular complexity index is 229. The molecule has 1 aliphatic heterocycles. The second-order valence-electron chi connectivity index (χ2n) is 4.27. The zero-order valence-corrected chi connectivity index (χ0v) is 10.8. The molecule has 5 heteroatoms. The molecule has 1 rings (SSSR count). The first-order chi connectivity index (χ1) is 7.56. The molecule has 1 fully saturated rings. The van der Waals surface area contributed by atoms with Gasteiger partial charge < -0.3 is 15.2 Å². The summed E-state index contributed by atoms with van der Waals surface area (Å²) in [6.07, 6.45) is 1.61. The van der Waals surface area contributed by atoms with E-state index >= 15 is 0 Å². The summed E-state index contributed by atoms with van der Waals surface area (Å²) in [4.78, 5) is 11.5. The molecule has 0 aromatic rings. The first-order valence-corrected chi connectivity index (χ1v) is 6.76. The zero-order chi connectivity index (χ0) is 12.0. The third-order valence-corrected chi connectivity index (χ3v) is 3.81. The summed E-state index contributed by atoms with van der Waals surface area (Å²) >= 11 is 1.90. The fourth-order valence-electron chi connectivity index (χ4n) is 1.40. The number of rotatable bonds is 7. The molecule has 0 aliphatic carbocycles. The molecule has 0 amide bonds. The monoisotopic (exact) mass is 247 g/mol. The minimum atomic E-state index is -0.841. The van der Waals surface area contributed by atoms with Crippen LogP contribution in [0, 0.1) is 0 Å². The lowest BCUT2D eigenvalue weighted by atomic mass is 9.98. The van der Waals surface area contributed by atoms with E-state index in [-0.39, 0.29) is 5.97 Å². The first kappa shape index (κ1) is 13.8. The van der Waals surface area contributed by atoms with Gasteiger partial charge in [0.25, 0.3) is 0 Å². The van der Waals surface area contributed by atoms with Crippen LogP contribution in [-0.2, 0) is 14.3 Å². The fraction of sp³-hybridized carbons (Fsp3) is 0.909. The van der Waals surface area contributed by atoms with Crippen molar-refractivity contribution in [2.24, 2.45) is 5.73 Å². The molecular formula is C11H21NO3S. The van der Waals surface area contributed by atoms with Crippen molar-refractivity contribution >= 4 is 17.7 Å². The maximum Gasteiger partial charge on any atom is 0.325 e.